The average Bonchev–Trinajstić information content (AvgIpc) is 3.21. The van der Waals surface area contributed by atoms with Crippen LogP contribution in [0.1, 0.15) is 41.7 Å². The summed E-state index contributed by atoms with van der Waals surface area (Å²) in [5, 5.41) is 8.11. The van der Waals surface area contributed by atoms with Crippen LogP contribution in [0, 0.1) is 6.92 Å². The third-order valence-corrected chi connectivity index (χ3v) is 4.93. The Morgan fingerprint density at radius 2 is 2.17 bits per heavy atom. The van der Waals surface area contributed by atoms with Gasteiger partial charge >= 0.3 is 0 Å². The summed E-state index contributed by atoms with van der Waals surface area (Å²) < 4.78 is 12.8. The number of hydrogen-bond donors (Lipinski definition) is 1. The van der Waals surface area contributed by atoms with Gasteiger partial charge in [-0.2, -0.15) is 5.10 Å². The molecular formula is C18H23N3O3. The highest BCUT2D eigenvalue weighted by Crippen LogP contribution is 2.21. The van der Waals surface area contributed by atoms with E-state index in [9.17, 15) is 4.79 Å². The Balaban J connectivity index is 1.53. The predicted molar refractivity (Wildman–Crippen MR) is 89.1 cm³/mol. The van der Waals surface area contributed by atoms with Gasteiger partial charge in [-0.25, -0.2) is 4.68 Å². The SMILES string of the molecule is Cc1ccc(CNC2COCC2n2nc3c(cc2=O)CCCC3)o1. The van der Waals surface area contributed by atoms with E-state index in [2.05, 4.69) is 10.4 Å². The van der Waals surface area contributed by atoms with Crippen molar-refractivity contribution in [2.24, 2.45) is 0 Å². The first kappa shape index (κ1) is 15.6. The minimum atomic E-state index is -0.0687. The number of aromatic nitrogens is 2. The van der Waals surface area contributed by atoms with E-state index in [0.717, 1.165) is 48.5 Å². The van der Waals surface area contributed by atoms with E-state index in [1.165, 1.54) is 0 Å². The van der Waals surface area contributed by atoms with E-state index in [1.54, 1.807) is 10.7 Å². The smallest absolute Gasteiger partial charge is 0.267 e. The molecule has 0 radical (unpaired) electrons. The number of fused-ring (bicyclic) bond motifs is 1. The lowest BCUT2D eigenvalue weighted by atomic mass is 9.97. The van der Waals surface area contributed by atoms with Gasteiger partial charge in [0.25, 0.3) is 5.56 Å². The lowest BCUT2D eigenvalue weighted by Gasteiger charge is -2.22. The number of nitrogens with zero attached hydrogens (tertiary/aromatic N) is 2. The van der Waals surface area contributed by atoms with Crippen LogP contribution in [-0.4, -0.2) is 29.0 Å². The number of furan rings is 1. The van der Waals surface area contributed by atoms with Gasteiger partial charge in [-0.05, 0) is 50.3 Å². The van der Waals surface area contributed by atoms with Gasteiger partial charge in [0.15, 0.2) is 0 Å². The summed E-state index contributed by atoms with van der Waals surface area (Å²) in [5.74, 6) is 1.79. The number of rotatable bonds is 4. The van der Waals surface area contributed by atoms with Gasteiger partial charge in [0.1, 0.15) is 11.5 Å². The van der Waals surface area contributed by atoms with Crippen molar-refractivity contribution in [1.29, 1.82) is 0 Å². The van der Waals surface area contributed by atoms with Gasteiger partial charge in [0.05, 0.1) is 37.5 Å². The summed E-state index contributed by atoms with van der Waals surface area (Å²) in [5.41, 5.74) is 2.18. The molecule has 4 rings (SSSR count). The Hall–Kier alpha value is -1.92. The average molecular weight is 329 g/mol. The van der Waals surface area contributed by atoms with Crippen LogP contribution < -0.4 is 10.9 Å². The van der Waals surface area contributed by atoms with Crippen molar-refractivity contribution in [2.75, 3.05) is 13.2 Å². The molecule has 3 heterocycles. The van der Waals surface area contributed by atoms with Crippen molar-refractivity contribution < 1.29 is 9.15 Å². The Morgan fingerprint density at radius 3 is 3.00 bits per heavy atom. The lowest BCUT2D eigenvalue weighted by molar-refractivity contribution is 0.180. The van der Waals surface area contributed by atoms with Gasteiger partial charge in [0, 0.05) is 6.07 Å². The first-order valence-corrected chi connectivity index (χ1v) is 8.69. The summed E-state index contributed by atoms with van der Waals surface area (Å²) in [7, 11) is 0. The molecule has 6 nitrogen and oxygen atoms in total. The second kappa shape index (κ2) is 6.53. The first-order chi connectivity index (χ1) is 11.7. The van der Waals surface area contributed by atoms with Gasteiger partial charge < -0.3 is 14.5 Å². The Labute approximate surface area is 140 Å². The van der Waals surface area contributed by atoms with Gasteiger partial charge in [0.2, 0.25) is 0 Å². The van der Waals surface area contributed by atoms with E-state index >= 15 is 0 Å². The molecule has 1 saturated heterocycles. The highest BCUT2D eigenvalue weighted by Gasteiger charge is 2.31. The normalized spacial score (nSPS) is 23.4. The highest BCUT2D eigenvalue weighted by molar-refractivity contribution is 5.20. The zero-order valence-corrected chi connectivity index (χ0v) is 14.0. The van der Waals surface area contributed by atoms with E-state index in [1.807, 2.05) is 19.1 Å². The first-order valence-electron chi connectivity index (χ1n) is 8.69. The Morgan fingerprint density at radius 1 is 1.29 bits per heavy atom. The van der Waals surface area contributed by atoms with Crippen molar-refractivity contribution in [3.63, 3.8) is 0 Å². The molecule has 24 heavy (non-hydrogen) atoms. The molecule has 0 saturated carbocycles. The summed E-state index contributed by atoms with van der Waals surface area (Å²) >= 11 is 0. The molecule has 1 aliphatic carbocycles. The summed E-state index contributed by atoms with van der Waals surface area (Å²) in [4.78, 5) is 12.5. The largest absolute Gasteiger partial charge is 0.465 e. The molecular weight excluding hydrogens is 306 g/mol. The van der Waals surface area contributed by atoms with Crippen LogP contribution in [0.3, 0.4) is 0 Å². The lowest BCUT2D eigenvalue weighted by Crippen LogP contribution is -2.41. The Bertz CT molecular complexity index is 780. The molecule has 0 bridgehead atoms. The van der Waals surface area contributed by atoms with E-state index in [4.69, 9.17) is 9.15 Å². The molecule has 1 aliphatic heterocycles. The van der Waals surface area contributed by atoms with Crippen LogP contribution in [-0.2, 0) is 24.1 Å². The van der Waals surface area contributed by atoms with E-state index in [-0.39, 0.29) is 17.6 Å². The summed E-state index contributed by atoms with van der Waals surface area (Å²) in [6, 6.07) is 5.68. The Kier molecular flexibility index (Phi) is 4.24. The van der Waals surface area contributed by atoms with Crippen LogP contribution in [0.5, 0.6) is 0 Å². The summed E-state index contributed by atoms with van der Waals surface area (Å²) in [6.45, 7) is 3.65. The number of ether oxygens (including phenoxy) is 1. The molecule has 128 valence electrons. The van der Waals surface area contributed by atoms with Gasteiger partial charge in [-0.1, -0.05) is 0 Å². The van der Waals surface area contributed by atoms with E-state index in [0.29, 0.717) is 19.8 Å². The van der Waals surface area contributed by atoms with Crippen molar-refractivity contribution in [2.45, 2.75) is 51.2 Å². The fourth-order valence-corrected chi connectivity index (χ4v) is 3.61. The fourth-order valence-electron chi connectivity index (χ4n) is 3.61. The molecule has 0 spiro atoms. The molecule has 2 unspecified atom stereocenters. The van der Waals surface area contributed by atoms with Crippen LogP contribution in [0.25, 0.3) is 0 Å². The molecule has 2 atom stereocenters. The summed E-state index contributed by atoms with van der Waals surface area (Å²) in [6.07, 6.45) is 4.24. The third kappa shape index (κ3) is 3.03. The second-order valence-corrected chi connectivity index (χ2v) is 6.71. The molecule has 2 aliphatic rings. The maximum absolute atomic E-state index is 12.5. The molecule has 1 N–H and O–H groups in total. The minimum Gasteiger partial charge on any atom is -0.465 e. The molecule has 2 aromatic heterocycles. The zero-order chi connectivity index (χ0) is 16.5. The number of nitrogens with one attached hydrogen (secondary N) is 1. The quantitative estimate of drug-likeness (QED) is 0.925. The number of hydrogen-bond acceptors (Lipinski definition) is 5. The molecule has 2 aromatic rings. The van der Waals surface area contributed by atoms with Crippen LogP contribution >= 0.6 is 0 Å². The fraction of sp³-hybridized carbons (Fsp3) is 0.556. The zero-order valence-electron chi connectivity index (χ0n) is 14.0. The van der Waals surface area contributed by atoms with Crippen LogP contribution in [0.4, 0.5) is 0 Å². The molecule has 0 aromatic carbocycles. The van der Waals surface area contributed by atoms with Crippen LogP contribution in [0.2, 0.25) is 0 Å². The van der Waals surface area contributed by atoms with E-state index < -0.39 is 0 Å². The van der Waals surface area contributed by atoms with Crippen molar-refractivity contribution >= 4 is 0 Å². The maximum atomic E-state index is 12.5. The van der Waals surface area contributed by atoms with Crippen molar-refractivity contribution in [1.82, 2.24) is 15.1 Å². The minimum absolute atomic E-state index is 0.0215. The standard InChI is InChI=1S/C18H23N3O3/c1-12-6-7-14(24-12)9-19-16-10-23-11-17(16)21-18(22)8-13-4-2-3-5-15(13)20-21/h6-8,16-17,19H,2-5,9-11H2,1H3. The highest BCUT2D eigenvalue weighted by atomic mass is 16.5. The van der Waals surface area contributed by atoms with Crippen molar-refractivity contribution in [3.05, 3.63) is 51.3 Å². The maximum Gasteiger partial charge on any atom is 0.267 e. The van der Waals surface area contributed by atoms with Crippen LogP contribution in [0.15, 0.2) is 27.4 Å². The molecule has 1 fully saturated rings. The number of aryl methyl sites for hydroxylation is 3. The van der Waals surface area contributed by atoms with Crippen molar-refractivity contribution in [3.8, 4) is 0 Å². The van der Waals surface area contributed by atoms with Gasteiger partial charge in [-0.3, -0.25) is 4.79 Å². The topological polar surface area (TPSA) is 69.3 Å². The predicted octanol–water partition coefficient (Wildman–Crippen LogP) is 1.75. The third-order valence-electron chi connectivity index (χ3n) is 4.93. The molecule has 6 heteroatoms. The molecule has 0 amide bonds. The monoisotopic (exact) mass is 329 g/mol. The van der Waals surface area contributed by atoms with Gasteiger partial charge in [-0.15, -0.1) is 0 Å². The second-order valence-electron chi connectivity index (χ2n) is 6.71.